The summed E-state index contributed by atoms with van der Waals surface area (Å²) in [6.45, 7) is 12.7. The molecule has 0 unspecified atom stereocenters. The van der Waals surface area contributed by atoms with Crippen LogP contribution in [0.25, 0.3) is 0 Å². The standard InChI is InChI=1S/C20H36N6S/c1-19(2,3)15-22-16(20(4,5)6)24-17(23-15)25-18(27)21-13-11-9-10-12-14(13)26(7)8/h13-14H,9-12H2,1-8H3,(H2,21,22,23,24,25,27)/t13-,14-/m0/s1. The van der Waals surface area contributed by atoms with Crippen molar-refractivity contribution in [2.24, 2.45) is 0 Å². The van der Waals surface area contributed by atoms with Crippen molar-refractivity contribution < 1.29 is 0 Å². The molecule has 0 spiro atoms. The van der Waals surface area contributed by atoms with Crippen molar-refractivity contribution in [1.82, 2.24) is 25.2 Å². The van der Waals surface area contributed by atoms with Gasteiger partial charge in [0.25, 0.3) is 0 Å². The highest BCUT2D eigenvalue weighted by Crippen LogP contribution is 2.25. The summed E-state index contributed by atoms with van der Waals surface area (Å²) in [5.41, 5.74) is -0.318. The first-order valence-electron chi connectivity index (χ1n) is 9.89. The minimum absolute atomic E-state index is 0.159. The molecule has 0 aliphatic heterocycles. The molecule has 0 aromatic carbocycles. The topological polar surface area (TPSA) is 66.0 Å². The second kappa shape index (κ2) is 8.35. The number of hydrogen-bond donors (Lipinski definition) is 2. The van der Waals surface area contributed by atoms with Crippen molar-refractivity contribution in [1.29, 1.82) is 0 Å². The lowest BCUT2D eigenvalue weighted by molar-refractivity contribution is 0.190. The average Bonchev–Trinajstić information content (AvgIpc) is 2.53. The lowest BCUT2D eigenvalue weighted by Crippen LogP contribution is -2.52. The molecule has 6 nitrogen and oxygen atoms in total. The van der Waals surface area contributed by atoms with Gasteiger partial charge >= 0.3 is 0 Å². The van der Waals surface area contributed by atoms with Crippen LogP contribution in [-0.4, -0.2) is 51.1 Å². The van der Waals surface area contributed by atoms with Gasteiger partial charge < -0.3 is 15.5 Å². The molecule has 1 aromatic heterocycles. The van der Waals surface area contributed by atoms with Gasteiger partial charge in [0.05, 0.1) is 0 Å². The minimum atomic E-state index is -0.159. The Balaban J connectivity index is 2.19. The highest BCUT2D eigenvalue weighted by molar-refractivity contribution is 7.80. The maximum atomic E-state index is 5.59. The van der Waals surface area contributed by atoms with E-state index in [1.807, 2.05) is 0 Å². The zero-order chi connectivity index (χ0) is 20.4. The summed E-state index contributed by atoms with van der Waals surface area (Å²) in [6.07, 6.45) is 4.83. The fraction of sp³-hybridized carbons (Fsp3) is 0.800. The number of nitrogens with zero attached hydrogens (tertiary/aromatic N) is 4. The Bertz CT molecular complexity index is 627. The Morgan fingerprint density at radius 3 is 1.93 bits per heavy atom. The molecule has 1 aliphatic carbocycles. The molecule has 1 aromatic rings. The molecule has 27 heavy (non-hydrogen) atoms. The van der Waals surface area contributed by atoms with E-state index >= 15 is 0 Å². The molecule has 0 saturated heterocycles. The quantitative estimate of drug-likeness (QED) is 0.762. The normalized spacial score (nSPS) is 21.2. The van der Waals surface area contributed by atoms with Crippen molar-refractivity contribution in [2.45, 2.75) is 90.1 Å². The first-order valence-corrected chi connectivity index (χ1v) is 10.3. The summed E-state index contributed by atoms with van der Waals surface area (Å²) in [4.78, 5) is 16.3. The van der Waals surface area contributed by atoms with Crippen LogP contribution in [-0.2, 0) is 10.8 Å². The number of aromatic nitrogens is 3. The molecule has 2 rings (SSSR count). The van der Waals surface area contributed by atoms with Crippen molar-refractivity contribution in [3.8, 4) is 0 Å². The second-order valence-electron chi connectivity index (χ2n) is 9.83. The zero-order valence-corrected chi connectivity index (χ0v) is 19.0. The van der Waals surface area contributed by atoms with E-state index in [-0.39, 0.29) is 10.8 Å². The number of anilines is 1. The van der Waals surface area contributed by atoms with Crippen LogP contribution >= 0.6 is 12.2 Å². The Morgan fingerprint density at radius 2 is 1.44 bits per heavy atom. The third-order valence-corrected chi connectivity index (χ3v) is 5.13. The van der Waals surface area contributed by atoms with E-state index in [2.05, 4.69) is 81.1 Å². The molecule has 1 aliphatic rings. The fourth-order valence-electron chi connectivity index (χ4n) is 3.31. The lowest BCUT2D eigenvalue weighted by atomic mass is 9.90. The SMILES string of the molecule is CN(C)[C@H]1CCCC[C@@H]1NC(=S)Nc1nc(C(C)(C)C)nc(C(C)(C)C)n1. The van der Waals surface area contributed by atoms with Crippen LogP contribution in [0.5, 0.6) is 0 Å². The third kappa shape index (κ3) is 6.07. The van der Waals surface area contributed by atoms with Gasteiger partial charge in [0.15, 0.2) is 5.11 Å². The van der Waals surface area contributed by atoms with Crippen LogP contribution in [0.3, 0.4) is 0 Å². The molecular formula is C20H36N6S. The third-order valence-electron chi connectivity index (χ3n) is 4.91. The van der Waals surface area contributed by atoms with Crippen LogP contribution < -0.4 is 10.6 Å². The molecule has 1 saturated carbocycles. The number of rotatable bonds is 3. The van der Waals surface area contributed by atoms with E-state index in [0.717, 1.165) is 18.1 Å². The largest absolute Gasteiger partial charge is 0.358 e. The number of nitrogens with one attached hydrogen (secondary N) is 2. The number of hydrogen-bond acceptors (Lipinski definition) is 5. The van der Waals surface area contributed by atoms with Gasteiger partial charge in [-0.2, -0.15) is 9.97 Å². The molecule has 1 fully saturated rings. The maximum absolute atomic E-state index is 5.59. The van der Waals surface area contributed by atoms with Crippen molar-refractivity contribution >= 4 is 23.3 Å². The van der Waals surface area contributed by atoms with Crippen molar-refractivity contribution in [3.05, 3.63) is 11.6 Å². The molecule has 0 radical (unpaired) electrons. The zero-order valence-electron chi connectivity index (χ0n) is 18.2. The molecule has 0 amide bonds. The molecule has 1 heterocycles. The van der Waals surface area contributed by atoms with Gasteiger partial charge in [-0.25, -0.2) is 4.98 Å². The van der Waals surface area contributed by atoms with E-state index in [1.54, 1.807) is 0 Å². The summed E-state index contributed by atoms with van der Waals surface area (Å²) >= 11 is 5.59. The number of thiocarbonyl (C=S) groups is 1. The van der Waals surface area contributed by atoms with Crippen molar-refractivity contribution in [2.75, 3.05) is 19.4 Å². The molecule has 0 bridgehead atoms. The summed E-state index contributed by atoms with van der Waals surface area (Å²) in [5, 5.41) is 7.29. The molecule has 2 N–H and O–H groups in total. The van der Waals surface area contributed by atoms with E-state index < -0.39 is 0 Å². The summed E-state index contributed by atoms with van der Waals surface area (Å²) in [5.74, 6) is 2.07. The van der Waals surface area contributed by atoms with Gasteiger partial charge in [-0.15, -0.1) is 0 Å². The molecule has 2 atom stereocenters. The maximum Gasteiger partial charge on any atom is 0.232 e. The monoisotopic (exact) mass is 392 g/mol. The summed E-state index contributed by atoms with van der Waals surface area (Å²) in [6, 6.07) is 0.840. The highest BCUT2D eigenvalue weighted by atomic mass is 32.1. The van der Waals surface area contributed by atoms with Crippen LogP contribution in [0.1, 0.15) is 78.9 Å². The predicted octanol–water partition coefficient (Wildman–Crippen LogP) is 3.63. The van der Waals surface area contributed by atoms with Gasteiger partial charge in [-0.1, -0.05) is 54.4 Å². The Morgan fingerprint density at radius 1 is 0.926 bits per heavy atom. The van der Waals surface area contributed by atoms with Crippen molar-refractivity contribution in [3.63, 3.8) is 0 Å². The lowest BCUT2D eigenvalue weighted by Gasteiger charge is -2.37. The van der Waals surface area contributed by atoms with Gasteiger partial charge in [0.2, 0.25) is 5.95 Å². The number of likely N-dealkylation sites (N-methyl/N-ethyl adjacent to an activating group) is 1. The Hall–Kier alpha value is -1.34. The van der Waals surface area contributed by atoms with Crippen LogP contribution in [0, 0.1) is 0 Å². The molecular weight excluding hydrogens is 356 g/mol. The van der Waals surface area contributed by atoms with Gasteiger partial charge in [0, 0.05) is 22.9 Å². The van der Waals surface area contributed by atoms with Gasteiger partial charge in [0.1, 0.15) is 11.6 Å². The first kappa shape index (κ1) is 22.0. The second-order valence-corrected chi connectivity index (χ2v) is 10.2. The van der Waals surface area contributed by atoms with Crippen LogP contribution in [0.4, 0.5) is 5.95 Å². The molecule has 7 heteroatoms. The van der Waals surface area contributed by atoms with E-state index in [9.17, 15) is 0 Å². The fourth-order valence-corrected chi connectivity index (χ4v) is 3.55. The average molecular weight is 393 g/mol. The van der Waals surface area contributed by atoms with Crippen LogP contribution in [0.2, 0.25) is 0 Å². The smallest absolute Gasteiger partial charge is 0.232 e. The van der Waals surface area contributed by atoms with Crippen LogP contribution in [0.15, 0.2) is 0 Å². The minimum Gasteiger partial charge on any atom is -0.358 e. The summed E-state index contributed by atoms with van der Waals surface area (Å²) < 4.78 is 0. The molecule has 152 valence electrons. The van der Waals surface area contributed by atoms with E-state index in [4.69, 9.17) is 17.2 Å². The Labute approximate surface area is 170 Å². The highest BCUT2D eigenvalue weighted by Gasteiger charge is 2.28. The van der Waals surface area contributed by atoms with Gasteiger partial charge in [-0.05, 0) is 39.2 Å². The summed E-state index contributed by atoms with van der Waals surface area (Å²) in [7, 11) is 4.27. The first-order chi connectivity index (χ1) is 12.4. The predicted molar refractivity (Wildman–Crippen MR) is 116 cm³/mol. The van der Waals surface area contributed by atoms with E-state index in [1.165, 1.54) is 19.3 Å². The van der Waals surface area contributed by atoms with E-state index in [0.29, 0.717) is 23.1 Å². The Kier molecular flexibility index (Phi) is 6.79. The van der Waals surface area contributed by atoms with Gasteiger partial charge in [-0.3, -0.25) is 0 Å².